The Morgan fingerprint density at radius 3 is 2.61 bits per heavy atom. The molecule has 0 spiro atoms. The standard InChI is InChI=1S/C21H22N2O5/c1-2-16(12-24)22-21(26)17(23-20(25)15-6-4-3-5-7-15)10-14-8-9-18-19(11-14)28-13-27-18/h3-11,16,24H,2,12-13H2,1H3,(H,22,26)(H,23,25)/b17-10-/t16-/m1/s1. The molecule has 2 aromatic carbocycles. The monoisotopic (exact) mass is 382 g/mol. The number of benzene rings is 2. The number of fused-ring (bicyclic) bond motifs is 1. The second-order valence-corrected chi connectivity index (χ2v) is 6.25. The lowest BCUT2D eigenvalue weighted by Gasteiger charge is -2.16. The van der Waals surface area contributed by atoms with Crippen LogP contribution in [0.15, 0.2) is 54.2 Å². The van der Waals surface area contributed by atoms with Gasteiger partial charge in [-0.3, -0.25) is 9.59 Å². The first-order valence-corrected chi connectivity index (χ1v) is 9.00. The van der Waals surface area contributed by atoms with E-state index in [0.717, 1.165) is 0 Å². The van der Waals surface area contributed by atoms with Gasteiger partial charge < -0.3 is 25.2 Å². The Morgan fingerprint density at radius 1 is 1.14 bits per heavy atom. The van der Waals surface area contributed by atoms with E-state index < -0.39 is 17.9 Å². The summed E-state index contributed by atoms with van der Waals surface area (Å²) in [6.07, 6.45) is 2.12. The summed E-state index contributed by atoms with van der Waals surface area (Å²) < 4.78 is 10.6. The molecule has 0 aliphatic carbocycles. The number of rotatable bonds is 7. The third-order valence-electron chi connectivity index (χ3n) is 4.28. The fourth-order valence-corrected chi connectivity index (χ4v) is 2.65. The van der Waals surface area contributed by atoms with Crippen LogP contribution in [-0.4, -0.2) is 36.4 Å². The lowest BCUT2D eigenvalue weighted by molar-refractivity contribution is -0.118. The summed E-state index contributed by atoms with van der Waals surface area (Å²) in [7, 11) is 0. The van der Waals surface area contributed by atoms with E-state index in [0.29, 0.717) is 29.0 Å². The molecule has 0 saturated heterocycles. The average Bonchev–Trinajstić information content (AvgIpc) is 3.19. The zero-order valence-electron chi connectivity index (χ0n) is 15.5. The van der Waals surface area contributed by atoms with Crippen molar-refractivity contribution in [2.24, 2.45) is 0 Å². The summed E-state index contributed by atoms with van der Waals surface area (Å²) in [5.74, 6) is 0.315. The Morgan fingerprint density at radius 2 is 1.89 bits per heavy atom. The van der Waals surface area contributed by atoms with Gasteiger partial charge in [0.15, 0.2) is 11.5 Å². The maximum Gasteiger partial charge on any atom is 0.268 e. The van der Waals surface area contributed by atoms with Gasteiger partial charge >= 0.3 is 0 Å². The van der Waals surface area contributed by atoms with Crippen LogP contribution in [0.25, 0.3) is 6.08 Å². The quantitative estimate of drug-likeness (QED) is 0.637. The second kappa shape index (κ2) is 9.05. The molecule has 0 bridgehead atoms. The number of aliphatic hydroxyl groups is 1. The van der Waals surface area contributed by atoms with E-state index >= 15 is 0 Å². The minimum atomic E-state index is -0.483. The van der Waals surface area contributed by atoms with Crippen molar-refractivity contribution in [1.29, 1.82) is 0 Å². The Bertz CT molecular complexity index is 876. The van der Waals surface area contributed by atoms with Crippen LogP contribution in [0.1, 0.15) is 29.3 Å². The maximum absolute atomic E-state index is 12.7. The van der Waals surface area contributed by atoms with E-state index in [9.17, 15) is 14.7 Å². The molecule has 7 nitrogen and oxygen atoms in total. The Balaban J connectivity index is 1.87. The topological polar surface area (TPSA) is 96.9 Å². The smallest absolute Gasteiger partial charge is 0.268 e. The minimum Gasteiger partial charge on any atom is -0.454 e. The molecular formula is C21H22N2O5. The number of nitrogens with one attached hydrogen (secondary N) is 2. The average molecular weight is 382 g/mol. The maximum atomic E-state index is 12.7. The first-order valence-electron chi connectivity index (χ1n) is 9.00. The molecule has 2 aromatic rings. The SMILES string of the molecule is CC[C@H](CO)NC(=O)/C(=C/c1ccc2c(c1)OCO2)NC(=O)c1ccccc1. The summed E-state index contributed by atoms with van der Waals surface area (Å²) in [6, 6.07) is 13.4. The number of ether oxygens (including phenoxy) is 2. The summed E-state index contributed by atoms with van der Waals surface area (Å²) in [5.41, 5.74) is 1.17. The van der Waals surface area contributed by atoms with Crippen molar-refractivity contribution < 1.29 is 24.2 Å². The fourth-order valence-electron chi connectivity index (χ4n) is 2.65. The van der Waals surface area contributed by atoms with Gasteiger partial charge in [-0.25, -0.2) is 0 Å². The molecule has 0 aromatic heterocycles. The van der Waals surface area contributed by atoms with Gasteiger partial charge in [-0.15, -0.1) is 0 Å². The van der Waals surface area contributed by atoms with Crippen LogP contribution in [0.4, 0.5) is 0 Å². The highest BCUT2D eigenvalue weighted by Crippen LogP contribution is 2.33. The molecule has 1 aliphatic heterocycles. The van der Waals surface area contributed by atoms with Crippen molar-refractivity contribution in [3.05, 3.63) is 65.4 Å². The van der Waals surface area contributed by atoms with Gasteiger partial charge in [-0.1, -0.05) is 31.2 Å². The van der Waals surface area contributed by atoms with Crippen molar-refractivity contribution in [2.75, 3.05) is 13.4 Å². The lowest BCUT2D eigenvalue weighted by Crippen LogP contribution is -2.41. The van der Waals surface area contributed by atoms with Crippen molar-refractivity contribution >= 4 is 17.9 Å². The predicted octanol–water partition coefficient (Wildman–Crippen LogP) is 2.07. The third-order valence-corrected chi connectivity index (χ3v) is 4.28. The van der Waals surface area contributed by atoms with E-state index in [1.54, 1.807) is 54.6 Å². The van der Waals surface area contributed by atoms with Gasteiger partial charge in [-0.2, -0.15) is 0 Å². The minimum absolute atomic E-state index is 0.0691. The molecule has 2 amide bonds. The Hall–Kier alpha value is -3.32. The number of carbonyl (C=O) groups is 2. The van der Waals surface area contributed by atoms with Gasteiger partial charge in [0, 0.05) is 5.56 Å². The number of hydrogen-bond acceptors (Lipinski definition) is 5. The van der Waals surface area contributed by atoms with E-state index in [2.05, 4.69) is 10.6 Å². The Labute approximate surface area is 163 Å². The number of amides is 2. The molecule has 28 heavy (non-hydrogen) atoms. The summed E-state index contributed by atoms with van der Waals surface area (Å²) in [4.78, 5) is 25.3. The van der Waals surface area contributed by atoms with Gasteiger partial charge in [-0.05, 0) is 42.3 Å². The molecule has 3 N–H and O–H groups in total. The van der Waals surface area contributed by atoms with Crippen LogP contribution in [0, 0.1) is 0 Å². The molecule has 1 atom stereocenters. The number of hydrogen-bond donors (Lipinski definition) is 3. The van der Waals surface area contributed by atoms with Crippen molar-refractivity contribution in [3.63, 3.8) is 0 Å². The predicted molar refractivity (Wildman–Crippen MR) is 104 cm³/mol. The third kappa shape index (κ3) is 4.69. The molecule has 0 fully saturated rings. The highest BCUT2D eigenvalue weighted by atomic mass is 16.7. The lowest BCUT2D eigenvalue weighted by atomic mass is 10.1. The van der Waals surface area contributed by atoms with Gasteiger partial charge in [0.2, 0.25) is 6.79 Å². The largest absolute Gasteiger partial charge is 0.454 e. The van der Waals surface area contributed by atoms with Crippen molar-refractivity contribution in [1.82, 2.24) is 10.6 Å². The van der Waals surface area contributed by atoms with Gasteiger partial charge in [0.05, 0.1) is 12.6 Å². The molecule has 7 heteroatoms. The number of aliphatic hydroxyl groups excluding tert-OH is 1. The van der Waals surface area contributed by atoms with E-state index in [1.165, 1.54) is 0 Å². The summed E-state index contributed by atoms with van der Waals surface area (Å²) in [6.45, 7) is 1.81. The number of carbonyl (C=O) groups excluding carboxylic acids is 2. The van der Waals surface area contributed by atoms with Gasteiger partial charge in [0.25, 0.3) is 11.8 Å². The highest BCUT2D eigenvalue weighted by molar-refractivity contribution is 6.05. The van der Waals surface area contributed by atoms with E-state index in [4.69, 9.17) is 9.47 Å². The molecule has 0 unspecified atom stereocenters. The molecule has 1 heterocycles. The molecule has 146 valence electrons. The van der Waals surface area contributed by atoms with Crippen LogP contribution < -0.4 is 20.1 Å². The summed E-state index contributed by atoms with van der Waals surface area (Å²) in [5, 5.41) is 14.7. The molecule has 0 radical (unpaired) electrons. The molecule has 3 rings (SSSR count). The zero-order valence-corrected chi connectivity index (χ0v) is 15.5. The zero-order chi connectivity index (χ0) is 19.9. The van der Waals surface area contributed by atoms with Crippen LogP contribution >= 0.6 is 0 Å². The first-order chi connectivity index (χ1) is 13.6. The van der Waals surface area contributed by atoms with Gasteiger partial charge in [0.1, 0.15) is 5.70 Å². The normalized spacial score (nSPS) is 13.7. The van der Waals surface area contributed by atoms with E-state index in [1.807, 2.05) is 6.92 Å². The summed E-state index contributed by atoms with van der Waals surface area (Å²) >= 11 is 0. The van der Waals surface area contributed by atoms with Crippen LogP contribution in [0.2, 0.25) is 0 Å². The van der Waals surface area contributed by atoms with E-state index in [-0.39, 0.29) is 19.1 Å². The van der Waals surface area contributed by atoms with Crippen LogP contribution in [0.3, 0.4) is 0 Å². The fraction of sp³-hybridized carbons (Fsp3) is 0.238. The van der Waals surface area contributed by atoms with Crippen molar-refractivity contribution in [3.8, 4) is 11.5 Å². The Kier molecular flexibility index (Phi) is 6.29. The highest BCUT2D eigenvalue weighted by Gasteiger charge is 2.18. The molecular weight excluding hydrogens is 360 g/mol. The van der Waals surface area contributed by atoms with Crippen LogP contribution in [-0.2, 0) is 4.79 Å². The molecule has 0 saturated carbocycles. The molecule has 1 aliphatic rings. The second-order valence-electron chi connectivity index (χ2n) is 6.25. The van der Waals surface area contributed by atoms with Crippen LogP contribution in [0.5, 0.6) is 11.5 Å². The first kappa shape index (κ1) is 19.4. The van der Waals surface area contributed by atoms with Crippen molar-refractivity contribution in [2.45, 2.75) is 19.4 Å².